The number of benzene rings is 1. The van der Waals surface area contributed by atoms with Crippen LogP contribution in [-0.2, 0) is 6.42 Å². The highest BCUT2D eigenvalue weighted by Gasteiger charge is 2.18. The Labute approximate surface area is 116 Å². The number of nitrogens with zero attached hydrogens (tertiary/aromatic N) is 2. The van der Waals surface area contributed by atoms with Crippen molar-refractivity contribution >= 4 is 5.69 Å². The summed E-state index contributed by atoms with van der Waals surface area (Å²) in [5, 5.41) is 20.5. The van der Waals surface area contributed by atoms with Gasteiger partial charge in [-0.3, -0.25) is 19.9 Å². The predicted molar refractivity (Wildman–Crippen MR) is 70.3 cm³/mol. The van der Waals surface area contributed by atoms with E-state index in [0.29, 0.717) is 4.57 Å². The quantitative estimate of drug-likeness (QED) is 0.642. The largest absolute Gasteiger partial charge is 0.494 e. The molecule has 9 heteroatoms. The van der Waals surface area contributed by atoms with Gasteiger partial charge in [-0.15, -0.1) is 0 Å². The highest BCUT2D eigenvalue weighted by Crippen LogP contribution is 2.22. The monoisotopic (exact) mass is 295 g/mol. The number of nitrogens with one attached hydrogen (secondary N) is 1. The summed E-state index contributed by atoms with van der Waals surface area (Å²) in [6, 6.07) is 2.70. The van der Waals surface area contributed by atoms with E-state index in [1.807, 2.05) is 4.98 Å². The van der Waals surface area contributed by atoms with E-state index in [4.69, 9.17) is 0 Å². The average Bonchev–Trinajstić information content (AvgIpc) is 2.38. The number of halogens is 1. The normalized spacial score (nSPS) is 10.6. The number of aromatic amines is 1. The Hall–Kier alpha value is -2.97. The first kappa shape index (κ1) is 14.4. The number of aromatic nitrogens is 2. The van der Waals surface area contributed by atoms with Crippen molar-refractivity contribution < 1.29 is 14.4 Å². The van der Waals surface area contributed by atoms with Crippen LogP contribution in [0.2, 0.25) is 0 Å². The van der Waals surface area contributed by atoms with Crippen LogP contribution < -0.4 is 11.2 Å². The second kappa shape index (κ2) is 5.19. The zero-order valence-corrected chi connectivity index (χ0v) is 10.8. The third kappa shape index (κ3) is 2.40. The van der Waals surface area contributed by atoms with Crippen LogP contribution >= 0.6 is 0 Å². The highest BCUT2D eigenvalue weighted by molar-refractivity contribution is 5.44. The number of nitro groups is 1. The number of nitro benzene ring substituents is 1. The van der Waals surface area contributed by atoms with Crippen molar-refractivity contribution in [2.75, 3.05) is 0 Å². The molecule has 0 amide bonds. The first-order chi connectivity index (χ1) is 9.86. The van der Waals surface area contributed by atoms with Crippen molar-refractivity contribution in [3.05, 3.63) is 60.5 Å². The molecule has 110 valence electrons. The van der Waals surface area contributed by atoms with Gasteiger partial charge in [0.15, 0.2) is 0 Å². The first-order valence-electron chi connectivity index (χ1n) is 5.88. The number of aromatic hydroxyl groups is 1. The molecule has 0 saturated heterocycles. The topological polar surface area (TPSA) is 118 Å². The van der Waals surface area contributed by atoms with E-state index in [9.17, 15) is 29.2 Å². The molecule has 2 N–H and O–H groups in total. The zero-order chi connectivity index (χ0) is 15.7. The molecule has 1 aromatic heterocycles. The molecule has 0 radical (unpaired) electrons. The van der Waals surface area contributed by atoms with Crippen molar-refractivity contribution in [1.82, 2.24) is 9.55 Å². The van der Waals surface area contributed by atoms with Gasteiger partial charge in [-0.25, -0.2) is 9.36 Å². The lowest BCUT2D eigenvalue weighted by molar-refractivity contribution is -0.387. The van der Waals surface area contributed by atoms with E-state index in [1.165, 1.54) is 0 Å². The summed E-state index contributed by atoms with van der Waals surface area (Å²) < 4.78 is 14.3. The molecule has 2 aromatic rings. The van der Waals surface area contributed by atoms with Gasteiger partial charge in [0.1, 0.15) is 0 Å². The molecule has 21 heavy (non-hydrogen) atoms. The lowest BCUT2D eigenvalue weighted by Gasteiger charge is -2.10. The van der Waals surface area contributed by atoms with Gasteiger partial charge in [0.2, 0.25) is 11.7 Å². The molecule has 8 nitrogen and oxygen atoms in total. The summed E-state index contributed by atoms with van der Waals surface area (Å²) in [5.41, 5.74) is -2.65. The number of hydrogen-bond donors (Lipinski definition) is 2. The van der Waals surface area contributed by atoms with E-state index < -0.39 is 33.6 Å². The minimum absolute atomic E-state index is 0.0478. The smallest absolute Gasteiger partial charge is 0.335 e. The molecule has 0 spiro atoms. The zero-order valence-electron chi connectivity index (χ0n) is 10.8. The summed E-state index contributed by atoms with van der Waals surface area (Å²) in [4.78, 5) is 34.9. The predicted octanol–water partition coefficient (Wildman–Crippen LogP) is 0.841. The van der Waals surface area contributed by atoms with Crippen LogP contribution in [0.15, 0.2) is 27.8 Å². The molecular formula is C12H10FN3O5. The third-order valence-electron chi connectivity index (χ3n) is 2.92. The van der Waals surface area contributed by atoms with Crippen LogP contribution in [0.1, 0.15) is 12.5 Å². The number of H-pyrrole nitrogens is 1. The van der Waals surface area contributed by atoms with E-state index in [2.05, 4.69) is 0 Å². The molecule has 0 fully saturated rings. The maximum absolute atomic E-state index is 13.6. The Morgan fingerprint density at radius 1 is 1.43 bits per heavy atom. The van der Waals surface area contributed by atoms with Crippen LogP contribution in [0, 0.1) is 15.9 Å². The number of hydrogen-bond acceptors (Lipinski definition) is 5. The van der Waals surface area contributed by atoms with Gasteiger partial charge in [0, 0.05) is 12.1 Å². The Bertz CT molecular complexity index is 840. The summed E-state index contributed by atoms with van der Waals surface area (Å²) in [5.74, 6) is -1.78. The van der Waals surface area contributed by atoms with Gasteiger partial charge in [-0.05, 0) is 12.5 Å². The molecule has 0 unspecified atom stereocenters. The van der Waals surface area contributed by atoms with Crippen molar-refractivity contribution in [2.45, 2.75) is 13.3 Å². The van der Waals surface area contributed by atoms with E-state index in [1.54, 1.807) is 6.92 Å². The summed E-state index contributed by atoms with van der Waals surface area (Å²) >= 11 is 0. The molecule has 1 aromatic carbocycles. The van der Waals surface area contributed by atoms with Gasteiger partial charge in [0.25, 0.3) is 5.56 Å². The fourth-order valence-corrected chi connectivity index (χ4v) is 1.90. The maximum Gasteiger partial charge on any atom is 0.335 e. The van der Waals surface area contributed by atoms with E-state index in [0.717, 1.165) is 18.2 Å². The molecule has 1 heterocycles. The lowest BCUT2D eigenvalue weighted by Crippen LogP contribution is -2.31. The van der Waals surface area contributed by atoms with Gasteiger partial charge < -0.3 is 5.11 Å². The molecule has 0 aliphatic carbocycles. The Kier molecular flexibility index (Phi) is 3.57. The van der Waals surface area contributed by atoms with Gasteiger partial charge in [-0.2, -0.15) is 4.39 Å². The van der Waals surface area contributed by atoms with Crippen molar-refractivity contribution in [3.63, 3.8) is 0 Å². The molecule has 0 atom stereocenters. The van der Waals surface area contributed by atoms with Crippen LogP contribution in [0.3, 0.4) is 0 Å². The Balaban J connectivity index is 2.74. The second-order valence-electron chi connectivity index (χ2n) is 4.14. The minimum atomic E-state index is -1.16. The summed E-state index contributed by atoms with van der Waals surface area (Å²) in [6.07, 6.45) is 0.150. The average molecular weight is 295 g/mol. The van der Waals surface area contributed by atoms with Gasteiger partial charge in [-0.1, -0.05) is 6.92 Å². The molecule has 0 bridgehead atoms. The Morgan fingerprint density at radius 2 is 2.10 bits per heavy atom. The van der Waals surface area contributed by atoms with E-state index in [-0.39, 0.29) is 17.7 Å². The van der Waals surface area contributed by atoms with Crippen molar-refractivity contribution in [3.8, 4) is 11.6 Å². The second-order valence-corrected chi connectivity index (χ2v) is 4.14. The van der Waals surface area contributed by atoms with Crippen molar-refractivity contribution in [1.29, 1.82) is 0 Å². The third-order valence-corrected chi connectivity index (χ3v) is 2.92. The molecule has 0 aliphatic heterocycles. The van der Waals surface area contributed by atoms with E-state index >= 15 is 0 Å². The van der Waals surface area contributed by atoms with Crippen LogP contribution in [-0.4, -0.2) is 19.6 Å². The molecular weight excluding hydrogens is 285 g/mol. The van der Waals surface area contributed by atoms with Crippen LogP contribution in [0.5, 0.6) is 5.88 Å². The SMILES string of the molecule is CCc1c(O)n(-c2ccc([N+](=O)[O-])c(F)c2)c(=O)[nH]c1=O. The molecule has 0 saturated carbocycles. The number of rotatable bonds is 3. The van der Waals surface area contributed by atoms with Gasteiger partial charge in [0.05, 0.1) is 16.2 Å². The standard InChI is InChI=1S/C12H10FN3O5/c1-2-7-10(17)14-12(19)15(11(7)18)6-3-4-9(16(20)21)8(13)5-6/h3-5,18H,2H2,1H3,(H,14,17,19). The molecule has 0 aliphatic rings. The fraction of sp³-hybridized carbons (Fsp3) is 0.167. The fourth-order valence-electron chi connectivity index (χ4n) is 1.90. The minimum Gasteiger partial charge on any atom is -0.494 e. The lowest BCUT2D eigenvalue weighted by atomic mass is 10.2. The first-order valence-corrected chi connectivity index (χ1v) is 5.88. The van der Waals surface area contributed by atoms with Crippen LogP contribution in [0.25, 0.3) is 5.69 Å². The van der Waals surface area contributed by atoms with Gasteiger partial charge >= 0.3 is 11.4 Å². The molecule has 2 rings (SSSR count). The summed E-state index contributed by atoms with van der Waals surface area (Å²) in [6.45, 7) is 1.59. The highest BCUT2D eigenvalue weighted by atomic mass is 19.1. The summed E-state index contributed by atoms with van der Waals surface area (Å²) in [7, 11) is 0. The van der Waals surface area contributed by atoms with Crippen LogP contribution in [0.4, 0.5) is 10.1 Å². The van der Waals surface area contributed by atoms with Crippen molar-refractivity contribution in [2.24, 2.45) is 0 Å². The Morgan fingerprint density at radius 3 is 2.62 bits per heavy atom. The maximum atomic E-state index is 13.6.